The van der Waals surface area contributed by atoms with E-state index in [1.165, 1.54) is 25.7 Å². The zero-order valence-electron chi connectivity index (χ0n) is 14.7. The Morgan fingerprint density at radius 3 is 2.58 bits per heavy atom. The molecule has 0 radical (unpaired) electrons. The second kappa shape index (κ2) is 7.56. The number of rotatable bonds is 5. The molecule has 0 unspecified atom stereocenters. The minimum absolute atomic E-state index is 0.0630. The number of amides is 1. The van der Waals surface area contributed by atoms with Gasteiger partial charge in [0.05, 0.1) is 11.8 Å². The van der Waals surface area contributed by atoms with E-state index in [0.717, 1.165) is 17.7 Å². The van der Waals surface area contributed by atoms with E-state index >= 15 is 0 Å². The van der Waals surface area contributed by atoms with Gasteiger partial charge in [-0.25, -0.2) is 4.98 Å². The Hall–Kier alpha value is -2.88. The summed E-state index contributed by atoms with van der Waals surface area (Å²) in [5.74, 6) is 1.71. The van der Waals surface area contributed by atoms with Crippen LogP contribution >= 0.6 is 0 Å². The average Bonchev–Trinajstić information content (AvgIpc) is 3.39. The van der Waals surface area contributed by atoms with Gasteiger partial charge in [-0.3, -0.25) is 4.79 Å². The van der Waals surface area contributed by atoms with Crippen LogP contribution in [0.4, 0.5) is 0 Å². The Morgan fingerprint density at radius 2 is 1.77 bits per heavy atom. The number of aromatic nitrogens is 1. The lowest BCUT2D eigenvalue weighted by molar-refractivity contribution is 0.0948. The quantitative estimate of drug-likeness (QED) is 0.713. The van der Waals surface area contributed by atoms with Crippen LogP contribution < -0.4 is 5.32 Å². The normalized spacial score (nSPS) is 14.5. The van der Waals surface area contributed by atoms with E-state index < -0.39 is 0 Å². The van der Waals surface area contributed by atoms with Crippen LogP contribution in [0.3, 0.4) is 0 Å². The number of nitrogens with one attached hydrogen (secondary N) is 1. The van der Waals surface area contributed by atoms with E-state index in [-0.39, 0.29) is 5.91 Å². The number of oxazole rings is 1. The summed E-state index contributed by atoms with van der Waals surface area (Å²) in [6.07, 6.45) is 6.67. The lowest BCUT2D eigenvalue weighted by Crippen LogP contribution is -2.28. The van der Waals surface area contributed by atoms with E-state index in [9.17, 15) is 4.79 Å². The summed E-state index contributed by atoms with van der Waals surface area (Å²) in [6.45, 7) is 0.744. The maximum Gasteiger partial charge on any atom is 0.252 e. The lowest BCUT2D eigenvalue weighted by atomic mass is 10.1. The second-order valence-electron chi connectivity index (χ2n) is 6.80. The standard InChI is InChI=1S/C22H22N2O2/c25-21(23-14-16-8-4-5-9-16)18-12-6-7-13-19(18)22-24-15-20(26-22)17-10-2-1-3-11-17/h1-3,6-7,10-13,15-16H,4-5,8-9,14H2,(H,23,25). The molecule has 0 atom stereocenters. The smallest absolute Gasteiger partial charge is 0.252 e. The van der Waals surface area contributed by atoms with Crippen molar-refractivity contribution in [2.45, 2.75) is 25.7 Å². The SMILES string of the molecule is O=C(NCC1CCCC1)c1ccccc1-c1ncc(-c2ccccc2)o1. The number of hydrogen-bond donors (Lipinski definition) is 1. The van der Waals surface area contributed by atoms with Gasteiger partial charge in [0.25, 0.3) is 5.91 Å². The van der Waals surface area contributed by atoms with Crippen LogP contribution in [0.5, 0.6) is 0 Å². The molecule has 0 aliphatic heterocycles. The number of hydrogen-bond acceptors (Lipinski definition) is 3. The molecule has 0 saturated heterocycles. The molecule has 0 spiro atoms. The lowest BCUT2D eigenvalue weighted by Gasteiger charge is -2.12. The van der Waals surface area contributed by atoms with Gasteiger partial charge in [0.1, 0.15) is 0 Å². The van der Waals surface area contributed by atoms with Crippen LogP contribution in [-0.2, 0) is 0 Å². The molecule has 1 aliphatic rings. The summed E-state index contributed by atoms with van der Waals surface area (Å²) in [7, 11) is 0. The van der Waals surface area contributed by atoms with Crippen molar-refractivity contribution in [3.8, 4) is 22.8 Å². The molecular weight excluding hydrogens is 324 g/mol. The number of carbonyl (C=O) groups is 1. The van der Waals surface area contributed by atoms with Crippen molar-refractivity contribution in [2.24, 2.45) is 5.92 Å². The van der Waals surface area contributed by atoms with Crippen molar-refractivity contribution >= 4 is 5.91 Å². The fourth-order valence-electron chi connectivity index (χ4n) is 3.55. The molecule has 1 fully saturated rings. The number of benzene rings is 2. The van der Waals surface area contributed by atoms with Crippen LogP contribution in [0.25, 0.3) is 22.8 Å². The minimum atomic E-state index is -0.0630. The number of nitrogens with zero attached hydrogens (tertiary/aromatic N) is 1. The Bertz CT molecular complexity index is 880. The summed E-state index contributed by atoms with van der Waals surface area (Å²) >= 11 is 0. The van der Waals surface area contributed by atoms with Gasteiger partial charge in [-0.15, -0.1) is 0 Å². The maximum absolute atomic E-state index is 12.7. The van der Waals surface area contributed by atoms with Crippen LogP contribution in [0.2, 0.25) is 0 Å². The highest BCUT2D eigenvalue weighted by Crippen LogP contribution is 2.28. The van der Waals surface area contributed by atoms with E-state index in [4.69, 9.17) is 4.42 Å². The Kier molecular flexibility index (Phi) is 4.82. The zero-order valence-corrected chi connectivity index (χ0v) is 14.7. The maximum atomic E-state index is 12.7. The molecule has 1 saturated carbocycles. The first-order chi connectivity index (χ1) is 12.8. The molecule has 1 heterocycles. The molecule has 132 valence electrons. The summed E-state index contributed by atoms with van der Waals surface area (Å²) in [6, 6.07) is 17.3. The van der Waals surface area contributed by atoms with E-state index in [2.05, 4.69) is 10.3 Å². The second-order valence-corrected chi connectivity index (χ2v) is 6.80. The van der Waals surface area contributed by atoms with Crippen molar-refractivity contribution in [3.63, 3.8) is 0 Å². The van der Waals surface area contributed by atoms with Crippen LogP contribution in [0.1, 0.15) is 36.0 Å². The Labute approximate surface area is 153 Å². The molecule has 1 aromatic heterocycles. The molecule has 0 bridgehead atoms. The molecule has 26 heavy (non-hydrogen) atoms. The first kappa shape index (κ1) is 16.6. The highest BCUT2D eigenvalue weighted by molar-refractivity contribution is 6.00. The van der Waals surface area contributed by atoms with Gasteiger partial charge in [0.2, 0.25) is 5.89 Å². The minimum Gasteiger partial charge on any atom is -0.436 e. The topological polar surface area (TPSA) is 55.1 Å². The van der Waals surface area contributed by atoms with Gasteiger partial charge in [0, 0.05) is 17.7 Å². The van der Waals surface area contributed by atoms with Gasteiger partial charge in [-0.2, -0.15) is 0 Å². The molecule has 1 amide bonds. The van der Waals surface area contributed by atoms with Gasteiger partial charge < -0.3 is 9.73 Å². The first-order valence-corrected chi connectivity index (χ1v) is 9.20. The summed E-state index contributed by atoms with van der Waals surface area (Å²) in [5, 5.41) is 3.08. The van der Waals surface area contributed by atoms with E-state index in [1.54, 1.807) is 6.20 Å². The fourth-order valence-corrected chi connectivity index (χ4v) is 3.55. The third-order valence-electron chi connectivity index (χ3n) is 4.99. The molecule has 4 nitrogen and oxygen atoms in total. The first-order valence-electron chi connectivity index (χ1n) is 9.20. The molecule has 4 heteroatoms. The fraction of sp³-hybridized carbons (Fsp3) is 0.273. The summed E-state index contributed by atoms with van der Waals surface area (Å²) in [4.78, 5) is 17.1. The third-order valence-corrected chi connectivity index (χ3v) is 4.99. The highest BCUT2D eigenvalue weighted by Gasteiger charge is 2.19. The Morgan fingerprint density at radius 1 is 1.04 bits per heavy atom. The predicted molar refractivity (Wildman–Crippen MR) is 102 cm³/mol. The van der Waals surface area contributed by atoms with Crippen molar-refractivity contribution in [1.82, 2.24) is 10.3 Å². The monoisotopic (exact) mass is 346 g/mol. The van der Waals surface area contributed by atoms with Crippen molar-refractivity contribution in [3.05, 3.63) is 66.4 Å². The largest absolute Gasteiger partial charge is 0.436 e. The summed E-state index contributed by atoms with van der Waals surface area (Å²) in [5.41, 5.74) is 2.29. The van der Waals surface area contributed by atoms with E-state index in [0.29, 0.717) is 23.1 Å². The third kappa shape index (κ3) is 3.54. The van der Waals surface area contributed by atoms with Crippen molar-refractivity contribution in [2.75, 3.05) is 6.54 Å². The molecule has 1 aliphatic carbocycles. The highest BCUT2D eigenvalue weighted by atomic mass is 16.4. The Balaban J connectivity index is 1.56. The number of carbonyl (C=O) groups excluding carboxylic acids is 1. The molecule has 3 aromatic rings. The predicted octanol–water partition coefficient (Wildman–Crippen LogP) is 4.93. The van der Waals surface area contributed by atoms with Gasteiger partial charge >= 0.3 is 0 Å². The van der Waals surface area contributed by atoms with Crippen molar-refractivity contribution < 1.29 is 9.21 Å². The van der Waals surface area contributed by atoms with Crippen molar-refractivity contribution in [1.29, 1.82) is 0 Å². The van der Waals surface area contributed by atoms with Gasteiger partial charge in [-0.05, 0) is 30.9 Å². The molecular formula is C22H22N2O2. The van der Waals surface area contributed by atoms with Gasteiger partial charge in [-0.1, -0.05) is 55.3 Å². The molecule has 2 aromatic carbocycles. The van der Waals surface area contributed by atoms with Gasteiger partial charge in [0.15, 0.2) is 5.76 Å². The molecule has 1 N–H and O–H groups in total. The average molecular weight is 346 g/mol. The molecule has 4 rings (SSSR count). The van der Waals surface area contributed by atoms with Crippen LogP contribution in [-0.4, -0.2) is 17.4 Å². The van der Waals surface area contributed by atoms with E-state index in [1.807, 2.05) is 54.6 Å². The summed E-state index contributed by atoms with van der Waals surface area (Å²) < 4.78 is 5.93. The van der Waals surface area contributed by atoms with Crippen LogP contribution in [0.15, 0.2) is 65.2 Å². The zero-order chi connectivity index (χ0) is 17.8. The van der Waals surface area contributed by atoms with Crippen LogP contribution in [0, 0.1) is 5.92 Å².